The first kappa shape index (κ1) is 22.7. The molecule has 8 heteroatoms. The van der Waals surface area contributed by atoms with E-state index in [0.717, 1.165) is 11.1 Å². The number of sulfonamides is 1. The topological polar surface area (TPSA) is 76.2 Å². The van der Waals surface area contributed by atoms with E-state index in [2.05, 4.69) is 0 Å². The summed E-state index contributed by atoms with van der Waals surface area (Å²) in [6.45, 7) is 2.07. The first-order valence-electron chi connectivity index (χ1n) is 10.5. The molecule has 0 bridgehead atoms. The van der Waals surface area contributed by atoms with Crippen LogP contribution in [0.25, 0.3) is 0 Å². The minimum atomic E-state index is -3.89. The number of carbonyl (C=O) groups excluding carboxylic acids is 1. The summed E-state index contributed by atoms with van der Waals surface area (Å²) < 4.78 is 39.6. The maximum absolute atomic E-state index is 13.5. The van der Waals surface area contributed by atoms with Gasteiger partial charge < -0.3 is 14.4 Å². The van der Waals surface area contributed by atoms with Crippen molar-refractivity contribution in [2.24, 2.45) is 0 Å². The molecule has 7 nitrogen and oxygen atoms in total. The molecule has 1 aliphatic rings. The van der Waals surface area contributed by atoms with Gasteiger partial charge in [-0.1, -0.05) is 48.0 Å². The maximum Gasteiger partial charge on any atom is 0.265 e. The summed E-state index contributed by atoms with van der Waals surface area (Å²) in [5.74, 6) is 0.707. The fourth-order valence-electron chi connectivity index (χ4n) is 3.81. The minimum Gasteiger partial charge on any atom is -0.496 e. The van der Waals surface area contributed by atoms with E-state index in [1.54, 1.807) is 62.7 Å². The molecule has 1 heterocycles. The quantitative estimate of drug-likeness (QED) is 0.555. The smallest absolute Gasteiger partial charge is 0.265 e. The molecule has 33 heavy (non-hydrogen) atoms. The van der Waals surface area contributed by atoms with Crippen molar-refractivity contribution in [2.45, 2.75) is 24.5 Å². The third-order valence-corrected chi connectivity index (χ3v) is 7.39. The lowest BCUT2D eigenvalue weighted by Crippen LogP contribution is -2.50. The van der Waals surface area contributed by atoms with Gasteiger partial charge in [-0.3, -0.25) is 9.10 Å². The molecule has 0 spiro atoms. The Morgan fingerprint density at radius 1 is 1.06 bits per heavy atom. The Balaban J connectivity index is 1.63. The summed E-state index contributed by atoms with van der Waals surface area (Å²) >= 11 is 0. The van der Waals surface area contributed by atoms with Crippen LogP contribution in [-0.4, -0.2) is 46.0 Å². The number of aryl methyl sites for hydroxylation is 1. The Hall–Kier alpha value is -3.52. The number of ether oxygens (including phenoxy) is 2. The van der Waals surface area contributed by atoms with Crippen LogP contribution in [0.2, 0.25) is 0 Å². The largest absolute Gasteiger partial charge is 0.496 e. The molecule has 0 radical (unpaired) electrons. The van der Waals surface area contributed by atoms with Gasteiger partial charge in [0.25, 0.3) is 15.9 Å². The van der Waals surface area contributed by atoms with Crippen LogP contribution < -0.4 is 13.8 Å². The van der Waals surface area contributed by atoms with E-state index in [-0.39, 0.29) is 17.3 Å². The van der Waals surface area contributed by atoms with Crippen LogP contribution in [0.3, 0.4) is 0 Å². The summed E-state index contributed by atoms with van der Waals surface area (Å²) in [5.41, 5.74) is 2.22. The molecule has 0 aliphatic carbocycles. The van der Waals surface area contributed by atoms with Gasteiger partial charge in [-0.05, 0) is 37.3 Å². The van der Waals surface area contributed by atoms with Gasteiger partial charge in [0, 0.05) is 19.2 Å². The number of para-hydroxylation sites is 3. The lowest BCUT2D eigenvalue weighted by Gasteiger charge is -2.36. The Morgan fingerprint density at radius 2 is 1.73 bits per heavy atom. The lowest BCUT2D eigenvalue weighted by molar-refractivity contribution is -0.137. The van der Waals surface area contributed by atoms with Crippen LogP contribution in [0.15, 0.2) is 77.7 Å². The molecular formula is C25H26N2O5S. The van der Waals surface area contributed by atoms with Gasteiger partial charge in [-0.25, -0.2) is 8.42 Å². The average molecular weight is 467 g/mol. The van der Waals surface area contributed by atoms with E-state index in [1.165, 1.54) is 9.21 Å². The Bertz CT molecular complexity index is 1260. The zero-order valence-electron chi connectivity index (χ0n) is 18.8. The van der Waals surface area contributed by atoms with Gasteiger partial charge in [-0.15, -0.1) is 0 Å². The van der Waals surface area contributed by atoms with Crippen LogP contribution in [-0.2, 0) is 21.4 Å². The van der Waals surface area contributed by atoms with E-state index < -0.39 is 16.1 Å². The second-order valence-corrected chi connectivity index (χ2v) is 9.79. The van der Waals surface area contributed by atoms with Gasteiger partial charge in [-0.2, -0.15) is 0 Å². The molecule has 1 atom stereocenters. The minimum absolute atomic E-state index is 0.123. The molecule has 4 rings (SSSR count). The van der Waals surface area contributed by atoms with Crippen LogP contribution in [0.1, 0.15) is 11.1 Å². The molecule has 0 saturated heterocycles. The van der Waals surface area contributed by atoms with Crippen molar-refractivity contribution in [3.05, 3.63) is 83.9 Å². The summed E-state index contributed by atoms with van der Waals surface area (Å²) in [7, 11) is -0.648. The molecule has 0 aromatic heterocycles. The number of nitrogens with zero attached hydrogens (tertiary/aromatic N) is 2. The predicted molar refractivity (Wildman–Crippen MR) is 126 cm³/mol. The van der Waals surface area contributed by atoms with Crippen molar-refractivity contribution in [3.63, 3.8) is 0 Å². The van der Waals surface area contributed by atoms with Gasteiger partial charge in [0.2, 0.25) is 0 Å². The molecular weight excluding hydrogens is 440 g/mol. The maximum atomic E-state index is 13.5. The number of carbonyl (C=O) groups is 1. The SMILES string of the molecule is COc1ccccc1CN(C)C(=O)[C@@H]1CN(S(=O)(=O)c2ccc(C)cc2)c2ccccc2O1. The van der Waals surface area contributed by atoms with Gasteiger partial charge >= 0.3 is 0 Å². The van der Waals surface area contributed by atoms with Crippen LogP contribution in [0.4, 0.5) is 5.69 Å². The number of hydrogen-bond donors (Lipinski definition) is 0. The van der Waals surface area contributed by atoms with Gasteiger partial charge in [0.15, 0.2) is 6.10 Å². The summed E-state index contributed by atoms with van der Waals surface area (Å²) in [6.07, 6.45) is -0.986. The third-order valence-electron chi connectivity index (χ3n) is 5.60. The fourth-order valence-corrected chi connectivity index (χ4v) is 5.28. The highest BCUT2D eigenvalue weighted by Crippen LogP contribution is 2.37. The first-order chi connectivity index (χ1) is 15.8. The highest BCUT2D eigenvalue weighted by molar-refractivity contribution is 7.92. The van der Waals surface area contributed by atoms with Crippen molar-refractivity contribution in [3.8, 4) is 11.5 Å². The van der Waals surface area contributed by atoms with Crippen molar-refractivity contribution in [1.82, 2.24) is 4.90 Å². The molecule has 3 aromatic rings. The summed E-state index contributed by atoms with van der Waals surface area (Å²) in [6, 6.07) is 21.0. The number of fused-ring (bicyclic) bond motifs is 1. The lowest BCUT2D eigenvalue weighted by atomic mass is 10.1. The Labute approximate surface area is 194 Å². The molecule has 0 saturated carbocycles. The van der Waals surface area contributed by atoms with Crippen LogP contribution >= 0.6 is 0 Å². The van der Waals surface area contributed by atoms with E-state index in [0.29, 0.717) is 23.7 Å². The Morgan fingerprint density at radius 3 is 2.45 bits per heavy atom. The highest BCUT2D eigenvalue weighted by Gasteiger charge is 2.38. The zero-order valence-corrected chi connectivity index (χ0v) is 19.6. The molecule has 0 N–H and O–H groups in total. The van der Waals surface area contributed by atoms with Crippen molar-refractivity contribution in [1.29, 1.82) is 0 Å². The molecule has 0 fully saturated rings. The first-order valence-corrected chi connectivity index (χ1v) is 12.0. The molecule has 0 unspecified atom stereocenters. The number of benzene rings is 3. The van der Waals surface area contributed by atoms with Crippen LogP contribution in [0, 0.1) is 6.92 Å². The van der Waals surface area contributed by atoms with Gasteiger partial charge in [0.05, 0.1) is 24.2 Å². The van der Waals surface area contributed by atoms with Crippen molar-refractivity contribution in [2.75, 3.05) is 25.0 Å². The average Bonchev–Trinajstić information content (AvgIpc) is 2.83. The summed E-state index contributed by atoms with van der Waals surface area (Å²) in [5, 5.41) is 0. The highest BCUT2D eigenvalue weighted by atomic mass is 32.2. The number of anilines is 1. The van der Waals surface area contributed by atoms with E-state index >= 15 is 0 Å². The van der Waals surface area contributed by atoms with Crippen molar-refractivity contribution < 1.29 is 22.7 Å². The number of amides is 1. The second-order valence-electron chi connectivity index (χ2n) is 7.93. The van der Waals surface area contributed by atoms with E-state index in [1.807, 2.05) is 31.2 Å². The Kier molecular flexibility index (Phi) is 6.29. The number of hydrogen-bond acceptors (Lipinski definition) is 5. The standard InChI is InChI=1S/C25H26N2O5S/c1-18-12-14-20(15-13-18)33(29,30)27-17-24(32-23-11-7-5-9-21(23)27)25(28)26(2)16-19-8-4-6-10-22(19)31-3/h4-15,24H,16-17H2,1-3H3/t24-/m0/s1. The van der Waals surface area contributed by atoms with Crippen molar-refractivity contribution >= 4 is 21.6 Å². The fraction of sp³-hybridized carbons (Fsp3) is 0.240. The predicted octanol–water partition coefficient (Wildman–Crippen LogP) is 3.62. The van der Waals surface area contributed by atoms with E-state index in [4.69, 9.17) is 9.47 Å². The molecule has 3 aromatic carbocycles. The monoisotopic (exact) mass is 466 g/mol. The normalized spacial score (nSPS) is 15.4. The molecule has 1 aliphatic heterocycles. The number of likely N-dealkylation sites (N-methyl/N-ethyl adjacent to an activating group) is 1. The second kappa shape index (κ2) is 9.15. The summed E-state index contributed by atoms with van der Waals surface area (Å²) in [4.78, 5) is 15.0. The molecule has 172 valence electrons. The van der Waals surface area contributed by atoms with Crippen LogP contribution in [0.5, 0.6) is 11.5 Å². The molecule has 1 amide bonds. The van der Waals surface area contributed by atoms with Gasteiger partial charge in [0.1, 0.15) is 11.5 Å². The third kappa shape index (κ3) is 4.52. The zero-order chi connectivity index (χ0) is 23.6. The van der Waals surface area contributed by atoms with E-state index in [9.17, 15) is 13.2 Å². The number of methoxy groups -OCH3 is 1. The number of rotatable bonds is 6.